The molecular weight excluding hydrogens is 162 g/mol. The average Bonchev–Trinajstić information content (AvgIpc) is 1.61. The Bertz CT molecular complexity index is 87.0. The first kappa shape index (κ1) is 11.8. The Labute approximate surface area is 58.0 Å². The van der Waals surface area contributed by atoms with Gasteiger partial charge in [-0.15, -0.1) is 6.42 Å². The first-order chi connectivity index (χ1) is 3.91. The minimum absolute atomic E-state index is 0.347. The van der Waals surface area contributed by atoms with Gasteiger partial charge in [0.15, 0.2) is 0 Å². The molecule has 0 aromatic carbocycles. The van der Waals surface area contributed by atoms with Gasteiger partial charge in [-0.05, 0) is 0 Å². The van der Waals surface area contributed by atoms with Crippen LogP contribution < -0.4 is 5.73 Å². The second kappa shape index (κ2) is 6.20. The van der Waals surface area contributed by atoms with Crippen molar-refractivity contribution in [3.8, 4) is 12.3 Å². The third-order valence-corrected chi connectivity index (χ3v) is 0.118. The third kappa shape index (κ3) is 258. The molecule has 0 aliphatic heterocycles. The summed E-state index contributed by atoms with van der Waals surface area (Å²) in [4.78, 5) is 0. The van der Waals surface area contributed by atoms with Crippen molar-refractivity contribution in [3.05, 3.63) is 0 Å². The van der Waals surface area contributed by atoms with E-state index in [9.17, 15) is 0 Å². The fourth-order valence-corrected chi connectivity index (χ4v) is 0. The maximum atomic E-state index is 7.38. The molecule has 0 aromatic rings. The Morgan fingerprint density at radius 2 is 1.44 bits per heavy atom. The van der Waals surface area contributed by atoms with Crippen molar-refractivity contribution in [1.29, 1.82) is 0 Å². The van der Waals surface area contributed by atoms with Crippen LogP contribution in [0.25, 0.3) is 0 Å². The standard InChI is InChI=1S/C3H5N.4H2O.Ti/c1-2-3-4;;;;;/h1H,3-4H2;4*1H2;/q;;;;;+4/p-4. The summed E-state index contributed by atoms with van der Waals surface area (Å²) in [5, 5.41) is 0. The molecule has 6 N–H and O–H groups in total. The Kier molecular flexibility index (Phi) is 8.14. The van der Waals surface area contributed by atoms with Gasteiger partial charge >= 0.3 is 32.9 Å². The van der Waals surface area contributed by atoms with Gasteiger partial charge in [-0.2, -0.15) is 0 Å². The quantitative estimate of drug-likeness (QED) is 0.202. The van der Waals surface area contributed by atoms with Crippen LogP contribution >= 0.6 is 0 Å². The minimum atomic E-state index is -5.00. The maximum absolute atomic E-state index is 7.38. The van der Waals surface area contributed by atoms with E-state index in [-0.39, 0.29) is 0 Å². The zero-order chi connectivity index (χ0) is 7.91. The second-order valence-corrected chi connectivity index (χ2v) is 2.88. The van der Waals surface area contributed by atoms with Gasteiger partial charge in [0, 0.05) is 0 Å². The van der Waals surface area contributed by atoms with E-state index in [1.807, 2.05) is 0 Å². The summed E-state index contributed by atoms with van der Waals surface area (Å²) in [7, 11) is 0. The summed E-state index contributed by atoms with van der Waals surface area (Å²) in [6.45, 7) is 0.347. The molecule has 0 rings (SSSR count). The molecular formula is C3H9NO4Ti. The van der Waals surface area contributed by atoms with E-state index in [0.29, 0.717) is 6.54 Å². The molecule has 0 aliphatic rings. The number of hydrogen-bond donors (Lipinski definition) is 5. The summed E-state index contributed by atoms with van der Waals surface area (Å²) < 4.78 is 29.5. The predicted octanol–water partition coefficient (Wildman–Crippen LogP) is -2.65. The van der Waals surface area contributed by atoms with Gasteiger partial charge in [0.05, 0.1) is 6.54 Å². The van der Waals surface area contributed by atoms with E-state index < -0.39 is 18.1 Å². The molecule has 0 aliphatic carbocycles. The van der Waals surface area contributed by atoms with Crippen molar-refractivity contribution in [2.75, 3.05) is 6.54 Å². The zero-order valence-corrected chi connectivity index (χ0v) is 6.21. The van der Waals surface area contributed by atoms with Crippen molar-refractivity contribution >= 4 is 0 Å². The molecule has 5 nitrogen and oxygen atoms in total. The van der Waals surface area contributed by atoms with Crippen LogP contribution in [-0.4, -0.2) is 21.3 Å². The van der Waals surface area contributed by atoms with Gasteiger partial charge in [-0.3, -0.25) is 0 Å². The summed E-state index contributed by atoms with van der Waals surface area (Å²) >= 11 is -5.00. The molecule has 0 saturated carbocycles. The molecule has 54 valence electrons. The Balaban J connectivity index is 0. The van der Waals surface area contributed by atoms with Gasteiger partial charge in [0.2, 0.25) is 0 Å². The van der Waals surface area contributed by atoms with E-state index >= 15 is 0 Å². The fourth-order valence-electron chi connectivity index (χ4n) is 0. The van der Waals surface area contributed by atoms with E-state index in [0.717, 1.165) is 0 Å². The van der Waals surface area contributed by atoms with Crippen molar-refractivity contribution in [2.45, 2.75) is 0 Å². The number of nitrogens with two attached hydrogens (primary N) is 1. The van der Waals surface area contributed by atoms with E-state index in [1.54, 1.807) is 0 Å². The third-order valence-electron chi connectivity index (χ3n) is 0.118. The molecule has 6 heteroatoms. The summed E-state index contributed by atoms with van der Waals surface area (Å²) in [6, 6.07) is 0. The van der Waals surface area contributed by atoms with Gasteiger partial charge in [0.1, 0.15) is 0 Å². The van der Waals surface area contributed by atoms with Crippen molar-refractivity contribution < 1.29 is 32.9 Å². The molecule has 0 atom stereocenters. The van der Waals surface area contributed by atoms with Gasteiger partial charge in [-0.25, -0.2) is 0 Å². The van der Waals surface area contributed by atoms with E-state index in [1.165, 1.54) is 0 Å². The van der Waals surface area contributed by atoms with E-state index in [4.69, 9.17) is 20.5 Å². The first-order valence-corrected chi connectivity index (χ1v) is 4.74. The van der Waals surface area contributed by atoms with Crippen LogP contribution in [0.4, 0.5) is 0 Å². The van der Waals surface area contributed by atoms with Crippen molar-refractivity contribution in [2.24, 2.45) is 5.73 Å². The summed E-state index contributed by atoms with van der Waals surface area (Å²) in [5.41, 5.74) is 4.79. The van der Waals surface area contributed by atoms with Crippen LogP contribution in [0.1, 0.15) is 0 Å². The first-order valence-electron chi connectivity index (χ1n) is 1.94. The molecule has 0 radical (unpaired) electrons. The number of hydrogen-bond acceptors (Lipinski definition) is 5. The molecule has 0 unspecified atom stereocenters. The second-order valence-electron chi connectivity index (χ2n) is 1.01. The normalized spacial score (nSPS) is 8.89. The van der Waals surface area contributed by atoms with Crippen LogP contribution in [-0.2, 0) is 18.1 Å². The Hall–Kier alpha value is 0.0743. The van der Waals surface area contributed by atoms with Crippen LogP contribution in [0, 0.1) is 12.3 Å². The molecule has 0 spiro atoms. The van der Waals surface area contributed by atoms with Crippen molar-refractivity contribution in [1.82, 2.24) is 0 Å². The Morgan fingerprint density at radius 3 is 1.44 bits per heavy atom. The van der Waals surface area contributed by atoms with Crippen molar-refractivity contribution in [3.63, 3.8) is 0 Å². The number of rotatable bonds is 0. The topological polar surface area (TPSA) is 107 Å². The van der Waals surface area contributed by atoms with Crippen LogP contribution in [0.2, 0.25) is 0 Å². The molecule has 0 bridgehead atoms. The molecule has 0 heterocycles. The SMILES string of the molecule is C#CCN.[OH][Ti]([OH])([OH])[OH]. The monoisotopic (exact) mass is 171 g/mol. The number of terminal acetylenes is 1. The average molecular weight is 171 g/mol. The van der Waals surface area contributed by atoms with E-state index in [2.05, 4.69) is 12.3 Å². The Morgan fingerprint density at radius 1 is 1.33 bits per heavy atom. The summed E-state index contributed by atoms with van der Waals surface area (Å²) in [6.07, 6.45) is 4.65. The van der Waals surface area contributed by atoms with Gasteiger partial charge < -0.3 is 5.73 Å². The van der Waals surface area contributed by atoms with Gasteiger partial charge in [0.25, 0.3) is 0 Å². The molecule has 0 fully saturated rings. The van der Waals surface area contributed by atoms with Crippen LogP contribution in [0.5, 0.6) is 0 Å². The zero-order valence-electron chi connectivity index (χ0n) is 4.65. The molecule has 0 aromatic heterocycles. The predicted molar refractivity (Wildman–Crippen MR) is 26.8 cm³/mol. The molecule has 0 amide bonds. The van der Waals surface area contributed by atoms with Crippen LogP contribution in [0.15, 0.2) is 0 Å². The fraction of sp³-hybridized carbons (Fsp3) is 0.333. The van der Waals surface area contributed by atoms with Crippen LogP contribution in [0.3, 0.4) is 0 Å². The van der Waals surface area contributed by atoms with Gasteiger partial charge in [-0.1, -0.05) is 5.92 Å². The summed E-state index contributed by atoms with van der Waals surface area (Å²) in [5.74, 6) is 2.21. The molecule has 9 heavy (non-hydrogen) atoms. The molecule has 0 saturated heterocycles.